The molecule has 0 spiro atoms. The first-order valence-electron chi connectivity index (χ1n) is 8.16. The molecule has 1 aromatic heterocycles. The molecule has 142 valence electrons. The van der Waals surface area contributed by atoms with Crippen molar-refractivity contribution in [1.82, 2.24) is 9.78 Å². The van der Waals surface area contributed by atoms with Crippen LogP contribution < -0.4 is 15.6 Å². The molecule has 0 aliphatic heterocycles. The lowest BCUT2D eigenvalue weighted by Crippen LogP contribution is -2.27. The van der Waals surface area contributed by atoms with Crippen LogP contribution >= 0.6 is 11.6 Å². The maximum atomic E-state index is 12.5. The van der Waals surface area contributed by atoms with Crippen molar-refractivity contribution in [3.8, 4) is 11.8 Å². The minimum atomic E-state index is -1.18. The maximum absolute atomic E-state index is 12.5. The van der Waals surface area contributed by atoms with E-state index in [9.17, 15) is 9.59 Å². The summed E-state index contributed by atoms with van der Waals surface area (Å²) >= 11 is 6.13. The van der Waals surface area contributed by atoms with E-state index in [-0.39, 0.29) is 5.39 Å². The van der Waals surface area contributed by atoms with Crippen LogP contribution in [0.5, 0.6) is 5.75 Å². The fraction of sp³-hybridized carbons (Fsp3) is 0.158. The molecule has 0 radical (unpaired) electrons. The smallest absolute Gasteiger partial charge is 0.325 e. The highest BCUT2D eigenvalue weighted by molar-refractivity contribution is 6.32. The fourth-order valence-corrected chi connectivity index (χ4v) is 3.01. The number of nitrogens with one attached hydrogen (secondary N) is 1. The molecule has 0 saturated carbocycles. The largest absolute Gasteiger partial charge is 0.495 e. The number of hydrogen-bond donors (Lipinski definition) is 2. The molecule has 0 aliphatic rings. The molecule has 0 unspecified atom stereocenters. The molecule has 1 heterocycles. The number of aromatic nitrogens is 2. The highest BCUT2D eigenvalue weighted by atomic mass is 35.5. The number of fused-ring (bicyclic) bond motifs is 1. The Labute approximate surface area is 164 Å². The van der Waals surface area contributed by atoms with Gasteiger partial charge >= 0.3 is 5.97 Å². The number of aliphatic carboxylic acids is 1. The summed E-state index contributed by atoms with van der Waals surface area (Å²) in [5.74, 6) is -0.349. The second-order valence-corrected chi connectivity index (χ2v) is 6.31. The summed E-state index contributed by atoms with van der Waals surface area (Å²) in [5, 5.41) is 26.5. The number of nitrogens with zero attached hydrogens (tertiary/aromatic N) is 3. The van der Waals surface area contributed by atoms with Crippen LogP contribution in [0.15, 0.2) is 41.2 Å². The summed E-state index contributed by atoms with van der Waals surface area (Å²) in [7, 11) is 1.52. The number of hydrogen-bond acceptors (Lipinski definition) is 6. The topological polar surface area (TPSA) is 117 Å². The number of anilines is 1. The molecule has 2 N–H and O–H groups in total. The zero-order valence-electron chi connectivity index (χ0n) is 14.8. The summed E-state index contributed by atoms with van der Waals surface area (Å²) in [4.78, 5) is 23.6. The molecule has 0 saturated heterocycles. The quantitative estimate of drug-likeness (QED) is 0.655. The molecular formula is C19H15ClN4O4. The summed E-state index contributed by atoms with van der Waals surface area (Å²) in [6.45, 7) is -0.258. The van der Waals surface area contributed by atoms with Crippen molar-refractivity contribution < 1.29 is 14.6 Å². The predicted octanol–water partition coefficient (Wildman–Crippen LogP) is 2.63. The minimum Gasteiger partial charge on any atom is -0.495 e. The SMILES string of the molecule is COc1ccc(CNc2nn(CC(=O)O)c(=O)c3ccc(C#N)cc23)cc1Cl. The highest BCUT2D eigenvalue weighted by Gasteiger charge is 2.13. The predicted molar refractivity (Wildman–Crippen MR) is 104 cm³/mol. The van der Waals surface area contributed by atoms with E-state index in [1.807, 2.05) is 12.1 Å². The van der Waals surface area contributed by atoms with E-state index in [0.717, 1.165) is 10.2 Å². The lowest BCUT2D eigenvalue weighted by atomic mass is 10.1. The Morgan fingerprint density at radius 1 is 1.32 bits per heavy atom. The van der Waals surface area contributed by atoms with E-state index in [1.54, 1.807) is 12.1 Å². The van der Waals surface area contributed by atoms with E-state index in [0.29, 0.717) is 34.1 Å². The van der Waals surface area contributed by atoms with Crippen LogP contribution in [0.2, 0.25) is 5.02 Å². The Hall–Kier alpha value is -3.57. The molecule has 28 heavy (non-hydrogen) atoms. The Morgan fingerprint density at radius 2 is 2.11 bits per heavy atom. The molecule has 0 bridgehead atoms. The minimum absolute atomic E-state index is 0.269. The molecule has 3 rings (SSSR count). The number of rotatable bonds is 6. The van der Waals surface area contributed by atoms with Crippen molar-refractivity contribution in [2.45, 2.75) is 13.1 Å². The van der Waals surface area contributed by atoms with Crippen LogP contribution in [0.4, 0.5) is 5.82 Å². The van der Waals surface area contributed by atoms with Crippen molar-refractivity contribution in [3.63, 3.8) is 0 Å². The Bertz CT molecular complexity index is 1170. The third kappa shape index (κ3) is 3.89. The van der Waals surface area contributed by atoms with Crippen molar-refractivity contribution in [1.29, 1.82) is 5.26 Å². The van der Waals surface area contributed by atoms with Crippen molar-refractivity contribution in [2.24, 2.45) is 0 Å². The van der Waals surface area contributed by atoms with Crippen LogP contribution in [-0.4, -0.2) is 28.0 Å². The summed E-state index contributed by atoms with van der Waals surface area (Å²) in [5.41, 5.74) is 0.647. The first-order chi connectivity index (χ1) is 13.4. The summed E-state index contributed by atoms with van der Waals surface area (Å²) < 4.78 is 6.00. The molecule has 0 fully saturated rings. The Kier molecular flexibility index (Phi) is 5.47. The lowest BCUT2D eigenvalue weighted by molar-refractivity contribution is -0.137. The van der Waals surface area contributed by atoms with Gasteiger partial charge in [-0.1, -0.05) is 17.7 Å². The Balaban J connectivity index is 2.03. The second kappa shape index (κ2) is 7.98. The zero-order valence-corrected chi connectivity index (χ0v) is 15.5. The molecule has 3 aromatic rings. The first kappa shape index (κ1) is 19.2. The number of halogens is 1. The van der Waals surface area contributed by atoms with E-state index in [2.05, 4.69) is 10.4 Å². The van der Waals surface area contributed by atoms with Crippen LogP contribution in [-0.2, 0) is 17.9 Å². The van der Waals surface area contributed by atoms with Gasteiger partial charge in [-0.25, -0.2) is 4.68 Å². The number of carboxylic acids is 1. The van der Waals surface area contributed by atoms with Crippen molar-refractivity contribution >= 4 is 34.2 Å². The van der Waals surface area contributed by atoms with E-state index in [4.69, 9.17) is 26.7 Å². The van der Waals surface area contributed by atoms with Crippen molar-refractivity contribution in [3.05, 3.63) is 62.9 Å². The standard InChI is InChI=1S/C19H15ClN4O4/c1-28-16-5-3-12(7-15(16)20)9-22-18-14-6-11(8-21)2-4-13(14)19(27)24(23-18)10-17(25)26/h2-7H,9-10H2,1H3,(H,22,23)(H,25,26). The highest BCUT2D eigenvalue weighted by Crippen LogP contribution is 2.26. The van der Waals surface area contributed by atoms with E-state index in [1.165, 1.54) is 25.3 Å². The number of carboxylic acid groups (broad SMARTS) is 1. The van der Waals surface area contributed by atoms with Gasteiger partial charge in [-0.2, -0.15) is 10.4 Å². The van der Waals surface area contributed by atoms with Gasteiger partial charge in [0.15, 0.2) is 5.82 Å². The second-order valence-electron chi connectivity index (χ2n) is 5.90. The van der Waals surface area contributed by atoms with Crippen LogP contribution in [0, 0.1) is 11.3 Å². The normalized spacial score (nSPS) is 10.5. The van der Waals surface area contributed by atoms with Gasteiger partial charge in [0, 0.05) is 11.9 Å². The van der Waals surface area contributed by atoms with Gasteiger partial charge in [-0.3, -0.25) is 9.59 Å². The fourth-order valence-electron chi connectivity index (χ4n) is 2.73. The van der Waals surface area contributed by atoms with Gasteiger partial charge in [-0.15, -0.1) is 0 Å². The average Bonchev–Trinajstić information content (AvgIpc) is 2.68. The molecule has 2 aromatic carbocycles. The number of benzene rings is 2. The lowest BCUT2D eigenvalue weighted by Gasteiger charge is -2.12. The number of nitriles is 1. The van der Waals surface area contributed by atoms with Gasteiger partial charge in [-0.05, 0) is 35.9 Å². The number of carbonyl (C=O) groups is 1. The van der Waals surface area contributed by atoms with E-state index >= 15 is 0 Å². The van der Waals surface area contributed by atoms with Gasteiger partial charge in [0.05, 0.1) is 29.2 Å². The monoisotopic (exact) mass is 398 g/mol. The van der Waals surface area contributed by atoms with Crippen LogP contribution in [0.3, 0.4) is 0 Å². The van der Waals surface area contributed by atoms with Crippen LogP contribution in [0.25, 0.3) is 10.8 Å². The number of methoxy groups -OCH3 is 1. The summed E-state index contributed by atoms with van der Waals surface area (Å²) in [6, 6.07) is 11.8. The summed E-state index contributed by atoms with van der Waals surface area (Å²) in [6.07, 6.45) is 0. The molecule has 9 heteroatoms. The Morgan fingerprint density at radius 3 is 2.75 bits per heavy atom. The van der Waals surface area contributed by atoms with Gasteiger partial charge < -0.3 is 15.2 Å². The third-order valence-corrected chi connectivity index (χ3v) is 4.35. The molecule has 0 atom stereocenters. The molecular weight excluding hydrogens is 384 g/mol. The van der Waals surface area contributed by atoms with Gasteiger partial charge in [0.25, 0.3) is 5.56 Å². The zero-order chi connectivity index (χ0) is 20.3. The van der Waals surface area contributed by atoms with Gasteiger partial charge in [0.2, 0.25) is 0 Å². The maximum Gasteiger partial charge on any atom is 0.325 e. The van der Waals surface area contributed by atoms with E-state index < -0.39 is 18.1 Å². The molecule has 0 aliphatic carbocycles. The van der Waals surface area contributed by atoms with Gasteiger partial charge in [0.1, 0.15) is 12.3 Å². The first-order valence-corrected chi connectivity index (χ1v) is 8.53. The third-order valence-electron chi connectivity index (χ3n) is 4.05. The molecule has 8 nitrogen and oxygen atoms in total. The van der Waals surface area contributed by atoms with Crippen molar-refractivity contribution in [2.75, 3.05) is 12.4 Å². The average molecular weight is 399 g/mol. The van der Waals surface area contributed by atoms with Crippen LogP contribution in [0.1, 0.15) is 11.1 Å². The number of ether oxygens (including phenoxy) is 1. The molecule has 0 amide bonds.